The van der Waals surface area contributed by atoms with Gasteiger partial charge in [0, 0.05) is 24.7 Å². The first kappa shape index (κ1) is 15.3. The van der Waals surface area contributed by atoms with E-state index >= 15 is 0 Å². The van der Waals surface area contributed by atoms with Gasteiger partial charge in [0.2, 0.25) is 5.91 Å². The molecule has 0 atom stereocenters. The van der Waals surface area contributed by atoms with E-state index in [0.29, 0.717) is 30.0 Å². The van der Waals surface area contributed by atoms with Crippen LogP contribution in [0.5, 0.6) is 0 Å². The summed E-state index contributed by atoms with van der Waals surface area (Å²) in [5, 5.41) is 3.51. The normalized spacial score (nSPS) is 14.4. The zero-order valence-electron chi connectivity index (χ0n) is 13.5. The van der Waals surface area contributed by atoms with Crippen molar-refractivity contribution in [1.29, 1.82) is 0 Å². The van der Waals surface area contributed by atoms with Crippen LogP contribution in [0.25, 0.3) is 22.3 Å². The Morgan fingerprint density at radius 2 is 1.92 bits per heavy atom. The zero-order valence-corrected chi connectivity index (χ0v) is 13.5. The van der Waals surface area contributed by atoms with Crippen LogP contribution in [0.4, 0.5) is 0 Å². The Labute approximate surface area is 144 Å². The number of hydrogen-bond donors (Lipinski definition) is 1. The molecule has 0 bridgehead atoms. The molecular formula is C19H16N4O2. The average molecular weight is 332 g/mol. The summed E-state index contributed by atoms with van der Waals surface area (Å²) in [5.74, 6) is -0.298. The predicted molar refractivity (Wildman–Crippen MR) is 93.9 cm³/mol. The SMILES string of the molecule is O=C1CN(C(=O)c2cc(-c3ccccn3)nc3ccccc23)CCN1. The molecule has 1 N–H and O–H groups in total. The van der Waals surface area contributed by atoms with Gasteiger partial charge in [0.1, 0.15) is 0 Å². The monoisotopic (exact) mass is 332 g/mol. The highest BCUT2D eigenvalue weighted by molar-refractivity contribution is 6.08. The number of piperazine rings is 1. The molecule has 6 heteroatoms. The second kappa shape index (κ2) is 6.32. The van der Waals surface area contributed by atoms with Crippen molar-refractivity contribution in [3.05, 3.63) is 60.3 Å². The van der Waals surface area contributed by atoms with Crippen LogP contribution in [0.2, 0.25) is 0 Å². The minimum Gasteiger partial charge on any atom is -0.353 e. The van der Waals surface area contributed by atoms with E-state index in [-0.39, 0.29) is 18.4 Å². The number of nitrogens with one attached hydrogen (secondary N) is 1. The fourth-order valence-electron chi connectivity index (χ4n) is 2.98. The van der Waals surface area contributed by atoms with Gasteiger partial charge < -0.3 is 10.2 Å². The van der Waals surface area contributed by atoms with Gasteiger partial charge in [-0.15, -0.1) is 0 Å². The molecular weight excluding hydrogens is 316 g/mol. The Hall–Kier alpha value is -3.28. The first-order chi connectivity index (χ1) is 12.2. The maximum absolute atomic E-state index is 13.0. The molecule has 0 radical (unpaired) electrons. The number of aromatic nitrogens is 2. The highest BCUT2D eigenvalue weighted by Gasteiger charge is 2.24. The molecule has 3 aromatic rings. The third-order valence-corrected chi connectivity index (χ3v) is 4.20. The number of pyridine rings is 2. The van der Waals surface area contributed by atoms with Crippen molar-refractivity contribution in [3.8, 4) is 11.4 Å². The van der Waals surface area contributed by atoms with Gasteiger partial charge in [0.15, 0.2) is 0 Å². The second-order valence-corrected chi connectivity index (χ2v) is 5.86. The molecule has 0 unspecified atom stereocenters. The van der Waals surface area contributed by atoms with Gasteiger partial charge in [0.05, 0.1) is 29.0 Å². The predicted octanol–water partition coefficient (Wildman–Crippen LogP) is 1.87. The molecule has 2 aromatic heterocycles. The Morgan fingerprint density at radius 3 is 2.72 bits per heavy atom. The second-order valence-electron chi connectivity index (χ2n) is 5.86. The highest BCUT2D eigenvalue weighted by Crippen LogP contribution is 2.25. The van der Waals surface area contributed by atoms with Crippen molar-refractivity contribution in [1.82, 2.24) is 20.2 Å². The fraction of sp³-hybridized carbons (Fsp3) is 0.158. The molecule has 0 spiro atoms. The molecule has 1 fully saturated rings. The molecule has 1 saturated heterocycles. The first-order valence-corrected chi connectivity index (χ1v) is 8.09. The van der Waals surface area contributed by atoms with Crippen LogP contribution in [-0.4, -0.2) is 46.3 Å². The summed E-state index contributed by atoms with van der Waals surface area (Å²) in [4.78, 5) is 35.2. The summed E-state index contributed by atoms with van der Waals surface area (Å²) in [5.41, 5.74) is 2.62. The van der Waals surface area contributed by atoms with Crippen molar-refractivity contribution < 1.29 is 9.59 Å². The lowest BCUT2D eigenvalue weighted by molar-refractivity contribution is -0.123. The van der Waals surface area contributed by atoms with E-state index in [1.54, 1.807) is 17.2 Å². The minimum atomic E-state index is -0.161. The summed E-state index contributed by atoms with van der Waals surface area (Å²) >= 11 is 0. The third kappa shape index (κ3) is 2.94. The van der Waals surface area contributed by atoms with Crippen molar-refractivity contribution in [2.24, 2.45) is 0 Å². The van der Waals surface area contributed by atoms with Crippen LogP contribution < -0.4 is 5.32 Å². The van der Waals surface area contributed by atoms with E-state index < -0.39 is 0 Å². The number of fused-ring (bicyclic) bond motifs is 1. The summed E-state index contributed by atoms with van der Waals surface area (Å²) in [6, 6.07) is 14.9. The molecule has 1 aromatic carbocycles. The lowest BCUT2D eigenvalue weighted by Gasteiger charge is -2.27. The molecule has 124 valence electrons. The molecule has 6 nitrogen and oxygen atoms in total. The maximum atomic E-state index is 13.0. The number of amides is 2. The fourth-order valence-corrected chi connectivity index (χ4v) is 2.98. The van der Waals surface area contributed by atoms with Crippen LogP contribution in [0.3, 0.4) is 0 Å². The van der Waals surface area contributed by atoms with E-state index in [1.165, 1.54) is 0 Å². The molecule has 0 saturated carbocycles. The standard InChI is InChI=1S/C19H16N4O2/c24-18-12-23(10-9-21-18)19(25)14-11-17(16-7-3-4-8-20-16)22-15-6-2-1-5-13(14)15/h1-8,11H,9-10,12H2,(H,21,24). The van der Waals surface area contributed by atoms with Gasteiger partial charge in [-0.1, -0.05) is 24.3 Å². The van der Waals surface area contributed by atoms with E-state index in [0.717, 1.165) is 10.9 Å². The maximum Gasteiger partial charge on any atom is 0.255 e. The van der Waals surface area contributed by atoms with E-state index in [9.17, 15) is 9.59 Å². The van der Waals surface area contributed by atoms with E-state index in [1.807, 2.05) is 42.5 Å². The van der Waals surface area contributed by atoms with Crippen LogP contribution >= 0.6 is 0 Å². The summed E-state index contributed by atoms with van der Waals surface area (Å²) < 4.78 is 0. The Balaban J connectivity index is 1.84. The molecule has 4 rings (SSSR count). The average Bonchev–Trinajstić information content (AvgIpc) is 2.67. The molecule has 2 amide bonds. The lowest BCUT2D eigenvalue weighted by atomic mass is 10.0. The van der Waals surface area contributed by atoms with Crippen molar-refractivity contribution in [3.63, 3.8) is 0 Å². The smallest absolute Gasteiger partial charge is 0.255 e. The van der Waals surface area contributed by atoms with Crippen LogP contribution in [-0.2, 0) is 4.79 Å². The molecule has 1 aliphatic rings. The van der Waals surface area contributed by atoms with Crippen LogP contribution in [0.15, 0.2) is 54.7 Å². The lowest BCUT2D eigenvalue weighted by Crippen LogP contribution is -2.50. The topological polar surface area (TPSA) is 75.2 Å². The summed E-state index contributed by atoms with van der Waals surface area (Å²) in [6.07, 6.45) is 1.70. The minimum absolute atomic E-state index is 0.0778. The Bertz CT molecular complexity index is 956. The van der Waals surface area contributed by atoms with Gasteiger partial charge in [-0.2, -0.15) is 0 Å². The van der Waals surface area contributed by atoms with Gasteiger partial charge in [-0.05, 0) is 24.3 Å². The number of benzene rings is 1. The summed E-state index contributed by atoms with van der Waals surface area (Å²) in [6.45, 7) is 1.05. The Morgan fingerprint density at radius 1 is 1.08 bits per heavy atom. The van der Waals surface area contributed by atoms with Crippen molar-refractivity contribution >= 4 is 22.7 Å². The third-order valence-electron chi connectivity index (χ3n) is 4.20. The number of carbonyl (C=O) groups is 2. The van der Waals surface area contributed by atoms with Crippen molar-refractivity contribution in [2.75, 3.05) is 19.6 Å². The zero-order chi connectivity index (χ0) is 17.2. The van der Waals surface area contributed by atoms with E-state index in [4.69, 9.17) is 0 Å². The molecule has 1 aliphatic heterocycles. The summed E-state index contributed by atoms with van der Waals surface area (Å²) in [7, 11) is 0. The first-order valence-electron chi connectivity index (χ1n) is 8.09. The molecule has 0 aliphatic carbocycles. The number of hydrogen-bond acceptors (Lipinski definition) is 4. The number of rotatable bonds is 2. The number of nitrogens with zero attached hydrogens (tertiary/aromatic N) is 3. The highest BCUT2D eigenvalue weighted by atomic mass is 16.2. The number of para-hydroxylation sites is 1. The van der Waals surface area contributed by atoms with Crippen LogP contribution in [0, 0.1) is 0 Å². The molecule has 25 heavy (non-hydrogen) atoms. The quantitative estimate of drug-likeness (QED) is 0.777. The number of carbonyl (C=O) groups excluding carboxylic acids is 2. The van der Waals surface area contributed by atoms with E-state index in [2.05, 4.69) is 15.3 Å². The largest absolute Gasteiger partial charge is 0.353 e. The van der Waals surface area contributed by atoms with Crippen LogP contribution in [0.1, 0.15) is 10.4 Å². The Kier molecular flexibility index (Phi) is 3.85. The van der Waals surface area contributed by atoms with Crippen molar-refractivity contribution in [2.45, 2.75) is 0 Å². The van der Waals surface area contributed by atoms with Gasteiger partial charge in [-0.25, -0.2) is 4.98 Å². The van der Waals surface area contributed by atoms with Gasteiger partial charge in [0.25, 0.3) is 5.91 Å². The molecule has 3 heterocycles. The van der Waals surface area contributed by atoms with Gasteiger partial charge >= 0.3 is 0 Å². The van der Waals surface area contributed by atoms with Gasteiger partial charge in [-0.3, -0.25) is 14.6 Å².